The number of nitrogens with one attached hydrogen (secondary N) is 2. The molecule has 0 aromatic heterocycles. The number of nitriles is 1. The van der Waals surface area contributed by atoms with E-state index in [4.69, 9.17) is 27.0 Å². The number of nitrogens with zero attached hydrogens (tertiary/aromatic N) is 2. The van der Waals surface area contributed by atoms with Crippen molar-refractivity contribution in [2.24, 2.45) is 22.7 Å². The minimum Gasteiger partial charge on any atom is -0.476 e. The number of aliphatic hydroxyl groups is 1. The molecule has 1 aliphatic heterocycles. The Kier molecular flexibility index (Phi) is 11.1. The van der Waals surface area contributed by atoms with Gasteiger partial charge in [0.1, 0.15) is 12.2 Å². The van der Waals surface area contributed by atoms with Crippen LogP contribution in [0.15, 0.2) is 76.4 Å². The highest BCUT2D eigenvalue weighted by molar-refractivity contribution is 8.03. The number of aliphatic hydroxyl groups excluding tert-OH is 1. The number of rotatable bonds is 13. The normalized spacial score (nSPS) is 20.6. The number of Topliss-reactive ketones (excluding diaryl/α,β-unsaturated/α-hetero) is 2. The van der Waals surface area contributed by atoms with E-state index in [0.717, 1.165) is 23.5 Å². The highest BCUT2D eigenvalue weighted by atomic mass is 35.5. The maximum atomic E-state index is 15.0. The van der Waals surface area contributed by atoms with E-state index in [2.05, 4.69) is 10.3 Å². The third-order valence-corrected chi connectivity index (χ3v) is 10.0. The highest BCUT2D eigenvalue weighted by Gasteiger charge is 2.32. The van der Waals surface area contributed by atoms with Gasteiger partial charge >= 0.3 is 0 Å². The summed E-state index contributed by atoms with van der Waals surface area (Å²) in [5.74, 6) is -3.12. The van der Waals surface area contributed by atoms with Crippen LogP contribution in [0.1, 0.15) is 49.0 Å². The average molecular weight is 691 g/mol. The third-order valence-electron chi connectivity index (χ3n) is 8.37. The lowest BCUT2D eigenvalue weighted by atomic mass is 9.86. The monoisotopic (exact) mass is 690 g/mol. The first-order chi connectivity index (χ1) is 23.0. The van der Waals surface area contributed by atoms with Gasteiger partial charge in [0.2, 0.25) is 11.6 Å². The molecule has 0 bridgehead atoms. The fourth-order valence-corrected chi connectivity index (χ4v) is 7.16. The first-order valence-corrected chi connectivity index (χ1v) is 16.8. The summed E-state index contributed by atoms with van der Waals surface area (Å²) in [7, 11) is 0. The number of hydrogen-bond acceptors (Lipinski definition) is 9. The van der Waals surface area contributed by atoms with Gasteiger partial charge < -0.3 is 20.6 Å². The quantitative estimate of drug-likeness (QED) is 0.145. The summed E-state index contributed by atoms with van der Waals surface area (Å²) in [6.07, 6.45) is 9.16. The van der Waals surface area contributed by atoms with Gasteiger partial charge in [0, 0.05) is 41.3 Å². The van der Waals surface area contributed by atoms with E-state index < -0.39 is 36.0 Å². The molecule has 0 radical (unpaired) electrons. The number of carbonyl (C=O) groups excluding carboxylic acids is 2. The number of aliphatic imine (C=N–C) groups is 1. The Balaban J connectivity index is 1.14. The van der Waals surface area contributed by atoms with Gasteiger partial charge in [-0.1, -0.05) is 37.6 Å². The van der Waals surface area contributed by atoms with E-state index in [1.54, 1.807) is 37.3 Å². The highest BCUT2D eigenvalue weighted by Crippen LogP contribution is 2.39. The molecule has 4 atom stereocenters. The first-order valence-electron chi connectivity index (χ1n) is 15.4. The molecular formula is C36H33ClF2N4O4S. The molecule has 1 heterocycles. The zero-order chi connectivity index (χ0) is 34.5. The van der Waals surface area contributed by atoms with Crippen molar-refractivity contribution in [3.63, 3.8) is 0 Å². The van der Waals surface area contributed by atoms with Crippen LogP contribution in [-0.2, 0) is 4.79 Å². The molecule has 248 valence electrons. The number of benzene rings is 2. The van der Waals surface area contributed by atoms with Gasteiger partial charge in [-0.25, -0.2) is 4.39 Å². The van der Waals surface area contributed by atoms with Crippen LogP contribution in [0.4, 0.5) is 14.5 Å². The molecule has 48 heavy (non-hydrogen) atoms. The second-order valence-electron chi connectivity index (χ2n) is 11.8. The van der Waals surface area contributed by atoms with E-state index in [0.29, 0.717) is 39.7 Å². The molecule has 3 aliphatic rings. The van der Waals surface area contributed by atoms with Gasteiger partial charge in [-0.05, 0) is 77.5 Å². The summed E-state index contributed by atoms with van der Waals surface area (Å²) in [5.41, 5.74) is 2.73. The first kappa shape index (κ1) is 35.0. The Labute approximate surface area is 286 Å². The number of fused-ring (bicyclic) bond motifs is 1. The van der Waals surface area contributed by atoms with Crippen LogP contribution in [0.5, 0.6) is 5.75 Å². The minimum atomic E-state index is -1.25. The van der Waals surface area contributed by atoms with Crippen molar-refractivity contribution in [3.05, 3.63) is 99.2 Å². The molecule has 0 amide bonds. The number of ether oxygens (including phenoxy) is 1. The van der Waals surface area contributed by atoms with Gasteiger partial charge in [-0.15, -0.1) is 11.8 Å². The van der Waals surface area contributed by atoms with Crippen LogP contribution < -0.4 is 10.1 Å². The molecule has 2 aromatic rings. The minimum absolute atomic E-state index is 0.0421. The predicted octanol–water partition coefficient (Wildman–Crippen LogP) is 7.70. The van der Waals surface area contributed by atoms with E-state index >= 15 is 4.39 Å². The van der Waals surface area contributed by atoms with Crippen LogP contribution in [0.25, 0.3) is 5.57 Å². The molecule has 3 N–H and O–H groups in total. The standard InChI is InChI=1S/C36H33ClF2N4O4S/c1-19(5-4-14-48-31-17-29(45)36(46)34(41)20(31)2)15-28(44)24-9-8-21(16-26(24)37)43-27-7-3-6-23-25(18-42-35(23)27)22-10-11-30(47-13-12-40)33(39)32(22)38/h3,6-11,16-20,23,29,41,43,45H,4-5,13-15H2,1-2H3. The van der Waals surface area contributed by atoms with Gasteiger partial charge in [0.15, 0.2) is 24.0 Å². The molecule has 0 saturated heterocycles. The molecule has 5 rings (SSSR count). The summed E-state index contributed by atoms with van der Waals surface area (Å²) < 4.78 is 34.6. The van der Waals surface area contributed by atoms with Crippen molar-refractivity contribution in [3.8, 4) is 11.8 Å². The van der Waals surface area contributed by atoms with Crippen molar-refractivity contribution in [2.45, 2.75) is 39.2 Å². The van der Waals surface area contributed by atoms with E-state index in [-0.39, 0.29) is 34.6 Å². The average Bonchev–Trinajstić information content (AvgIpc) is 3.50. The van der Waals surface area contributed by atoms with Gasteiger partial charge in [-0.3, -0.25) is 14.6 Å². The molecule has 0 spiro atoms. The molecule has 2 aliphatic carbocycles. The Hall–Kier alpha value is -4.37. The summed E-state index contributed by atoms with van der Waals surface area (Å²) in [4.78, 5) is 30.2. The summed E-state index contributed by atoms with van der Waals surface area (Å²) in [6, 6.07) is 9.52. The number of allylic oxidation sites excluding steroid dienone is 6. The number of halogens is 3. The van der Waals surface area contributed by atoms with E-state index in [9.17, 15) is 19.1 Å². The summed E-state index contributed by atoms with van der Waals surface area (Å²) in [5, 5.41) is 30.0. The molecule has 2 aromatic carbocycles. The molecule has 0 saturated carbocycles. The number of hydrogen-bond donors (Lipinski definition) is 3. The molecule has 12 heteroatoms. The zero-order valence-electron chi connectivity index (χ0n) is 26.2. The Morgan fingerprint density at radius 2 is 2.06 bits per heavy atom. The second kappa shape index (κ2) is 15.2. The summed E-state index contributed by atoms with van der Waals surface area (Å²) >= 11 is 8.09. The molecule has 0 fully saturated rings. The third kappa shape index (κ3) is 7.51. The van der Waals surface area contributed by atoms with Crippen molar-refractivity contribution < 1.29 is 28.2 Å². The maximum Gasteiger partial charge on any atom is 0.209 e. The Morgan fingerprint density at radius 1 is 1.27 bits per heavy atom. The van der Waals surface area contributed by atoms with Crippen LogP contribution >= 0.6 is 23.4 Å². The fourth-order valence-electron chi connectivity index (χ4n) is 5.73. The number of thioether (sulfide) groups is 1. The maximum absolute atomic E-state index is 15.0. The van der Waals surface area contributed by atoms with Crippen LogP contribution in [-0.4, -0.2) is 46.6 Å². The van der Waals surface area contributed by atoms with Gasteiger partial charge in [-0.2, -0.15) is 9.65 Å². The topological polar surface area (TPSA) is 136 Å². The lowest BCUT2D eigenvalue weighted by Gasteiger charge is -2.23. The predicted molar refractivity (Wildman–Crippen MR) is 184 cm³/mol. The Bertz CT molecular complexity index is 1860. The molecule has 8 nitrogen and oxygen atoms in total. The van der Waals surface area contributed by atoms with Crippen LogP contribution in [0.3, 0.4) is 0 Å². The van der Waals surface area contributed by atoms with Crippen molar-refractivity contribution in [1.29, 1.82) is 10.7 Å². The molecule has 4 unspecified atom stereocenters. The van der Waals surface area contributed by atoms with Gasteiger partial charge in [0.25, 0.3) is 0 Å². The Morgan fingerprint density at radius 3 is 2.81 bits per heavy atom. The lowest BCUT2D eigenvalue weighted by molar-refractivity contribution is -0.119. The molecular weight excluding hydrogens is 658 g/mol. The second-order valence-corrected chi connectivity index (χ2v) is 13.4. The van der Waals surface area contributed by atoms with E-state index in [1.807, 2.05) is 19.1 Å². The van der Waals surface area contributed by atoms with E-state index in [1.165, 1.54) is 36.2 Å². The SMILES string of the molecule is CC(CCCSC1=CC(O)C(=O)C(=N)C1C)CC(=O)c1ccc(NC2=CC=CC3C(c4ccc(OCC#N)c(F)c4F)=CN=C23)cc1Cl. The van der Waals surface area contributed by atoms with Crippen molar-refractivity contribution >= 4 is 57.6 Å². The van der Waals surface area contributed by atoms with Gasteiger partial charge in [0.05, 0.1) is 22.1 Å². The van der Waals surface area contributed by atoms with Crippen LogP contribution in [0, 0.1) is 46.1 Å². The largest absolute Gasteiger partial charge is 0.476 e. The fraction of sp³-hybridized carbons (Fsp3) is 0.306. The van der Waals surface area contributed by atoms with Crippen molar-refractivity contribution in [1.82, 2.24) is 0 Å². The zero-order valence-corrected chi connectivity index (χ0v) is 27.8. The van der Waals surface area contributed by atoms with Crippen LogP contribution in [0.2, 0.25) is 5.02 Å². The van der Waals surface area contributed by atoms with Crippen molar-refractivity contribution in [2.75, 3.05) is 17.7 Å². The number of ketones is 2. The smallest absolute Gasteiger partial charge is 0.209 e. The number of anilines is 1. The lowest BCUT2D eigenvalue weighted by Crippen LogP contribution is -2.35. The number of carbonyl (C=O) groups is 2. The summed E-state index contributed by atoms with van der Waals surface area (Å²) in [6.45, 7) is 3.39.